The van der Waals surface area contributed by atoms with Gasteiger partial charge in [-0.3, -0.25) is 0 Å². The van der Waals surface area contributed by atoms with Crippen molar-refractivity contribution in [3.8, 4) is 0 Å². The van der Waals surface area contributed by atoms with Gasteiger partial charge in [-0.2, -0.15) is 10.5 Å². The third kappa shape index (κ3) is 3.87. The zero-order valence-electron chi connectivity index (χ0n) is 13.1. The normalized spacial score (nSPS) is 21.6. The van der Waals surface area contributed by atoms with Crippen LogP contribution in [0.1, 0.15) is 76.2 Å². The van der Waals surface area contributed by atoms with Crippen LogP contribution in [0.4, 0.5) is 5.69 Å². The van der Waals surface area contributed by atoms with E-state index in [2.05, 4.69) is 34.8 Å². The molecule has 21 heavy (non-hydrogen) atoms. The second kappa shape index (κ2) is 7.63. The Balaban J connectivity index is 1.66. The highest BCUT2D eigenvalue weighted by molar-refractivity contribution is 6.07. The second-order valence-electron chi connectivity index (χ2n) is 6.56. The van der Waals surface area contributed by atoms with Crippen LogP contribution in [0.2, 0.25) is 0 Å². The molecule has 0 unspecified atom stereocenters. The van der Waals surface area contributed by atoms with Crippen LogP contribution in [-0.4, -0.2) is 5.71 Å². The minimum atomic E-state index is 0.622. The van der Waals surface area contributed by atoms with Crippen molar-refractivity contribution in [3.63, 3.8) is 0 Å². The number of nitrogens with zero attached hydrogens (tertiary/aromatic N) is 2. The largest absolute Gasteiger partial charge is 0.154 e. The number of rotatable bonds is 1. The van der Waals surface area contributed by atoms with Crippen LogP contribution in [0.5, 0.6) is 0 Å². The molecule has 2 heteroatoms. The lowest BCUT2D eigenvalue weighted by molar-refractivity contribution is 0.465. The van der Waals surface area contributed by atoms with Gasteiger partial charge in [0, 0.05) is 11.5 Å². The Bertz CT molecular complexity index is 466. The van der Waals surface area contributed by atoms with E-state index >= 15 is 0 Å². The molecule has 2 nitrogen and oxygen atoms in total. The molecule has 0 saturated heterocycles. The van der Waals surface area contributed by atoms with Gasteiger partial charge >= 0.3 is 0 Å². The van der Waals surface area contributed by atoms with E-state index in [9.17, 15) is 0 Å². The summed E-state index contributed by atoms with van der Waals surface area (Å²) in [5.74, 6) is 0.622. The molecule has 0 aromatic heterocycles. The van der Waals surface area contributed by atoms with Crippen LogP contribution in [0.25, 0.3) is 0 Å². The fourth-order valence-electron chi connectivity index (χ4n) is 3.68. The van der Waals surface area contributed by atoms with Crippen molar-refractivity contribution < 1.29 is 0 Å². The van der Waals surface area contributed by atoms with Crippen molar-refractivity contribution in [1.29, 1.82) is 0 Å². The monoisotopic (exact) mass is 283 g/mol. The van der Waals surface area contributed by atoms with Crippen LogP contribution in [0.3, 0.4) is 0 Å². The highest BCUT2D eigenvalue weighted by atomic mass is 15.3. The van der Waals surface area contributed by atoms with Gasteiger partial charge in [0.05, 0.1) is 11.4 Å². The summed E-state index contributed by atoms with van der Waals surface area (Å²) in [7, 11) is 0. The first kappa shape index (κ1) is 14.6. The quantitative estimate of drug-likeness (QED) is 0.645. The Kier molecular flexibility index (Phi) is 5.31. The fourth-order valence-corrected chi connectivity index (χ4v) is 3.68. The lowest BCUT2D eigenvalue weighted by Gasteiger charge is -2.18. The first-order chi connectivity index (χ1) is 10.4. The van der Waals surface area contributed by atoms with E-state index in [0.29, 0.717) is 5.92 Å². The summed E-state index contributed by atoms with van der Waals surface area (Å²) in [6, 6.07) is 8.45. The average Bonchev–Trinajstić information content (AvgIpc) is 2.92. The summed E-state index contributed by atoms with van der Waals surface area (Å²) in [5.41, 5.74) is 7.99. The van der Waals surface area contributed by atoms with Crippen molar-refractivity contribution in [2.45, 2.75) is 70.6 Å². The van der Waals surface area contributed by atoms with Crippen LogP contribution in [0, 0.1) is 5.92 Å². The van der Waals surface area contributed by atoms with Crippen molar-refractivity contribution in [2.75, 3.05) is 0 Å². The summed E-state index contributed by atoms with van der Waals surface area (Å²) >= 11 is 0. The summed E-state index contributed by atoms with van der Waals surface area (Å²) in [6.07, 6.45) is 15.2. The van der Waals surface area contributed by atoms with Crippen molar-refractivity contribution in [1.82, 2.24) is 5.43 Å². The zero-order valence-corrected chi connectivity index (χ0v) is 13.1. The first-order valence-corrected chi connectivity index (χ1v) is 8.83. The van der Waals surface area contributed by atoms with E-state index in [1.807, 2.05) is 0 Å². The SMILES string of the molecule is c1ccc2c(c1)[N]N=C2C1CCCCCCCCCCC1. The maximum absolute atomic E-state index is 4.54. The van der Waals surface area contributed by atoms with E-state index in [4.69, 9.17) is 0 Å². The highest BCUT2D eigenvalue weighted by Crippen LogP contribution is 2.31. The maximum Gasteiger partial charge on any atom is 0.0948 e. The molecule has 0 spiro atoms. The highest BCUT2D eigenvalue weighted by Gasteiger charge is 2.24. The fraction of sp³-hybridized carbons (Fsp3) is 0.632. The third-order valence-corrected chi connectivity index (χ3v) is 4.94. The van der Waals surface area contributed by atoms with Gasteiger partial charge in [0.15, 0.2) is 0 Å². The lowest BCUT2D eigenvalue weighted by Crippen LogP contribution is -2.14. The molecule has 113 valence electrons. The van der Waals surface area contributed by atoms with Crippen molar-refractivity contribution in [3.05, 3.63) is 29.8 Å². The lowest BCUT2D eigenvalue weighted by atomic mass is 9.86. The molecule has 2 aliphatic rings. The summed E-state index contributed by atoms with van der Waals surface area (Å²) in [4.78, 5) is 0. The van der Waals surface area contributed by atoms with E-state index in [0.717, 1.165) is 5.69 Å². The van der Waals surface area contributed by atoms with E-state index in [1.54, 1.807) is 0 Å². The Morgan fingerprint density at radius 2 is 1.29 bits per heavy atom. The van der Waals surface area contributed by atoms with Gasteiger partial charge in [0.2, 0.25) is 0 Å². The minimum absolute atomic E-state index is 0.622. The molecule has 1 saturated carbocycles. The van der Waals surface area contributed by atoms with Crippen LogP contribution in [-0.2, 0) is 0 Å². The van der Waals surface area contributed by atoms with Gasteiger partial charge in [-0.05, 0) is 18.9 Å². The third-order valence-electron chi connectivity index (χ3n) is 4.94. The first-order valence-electron chi connectivity index (χ1n) is 8.83. The van der Waals surface area contributed by atoms with E-state index in [1.165, 1.54) is 81.9 Å². The Hall–Kier alpha value is -1.31. The van der Waals surface area contributed by atoms with Gasteiger partial charge in [-0.15, -0.1) is 0 Å². The molecule has 1 aromatic rings. The summed E-state index contributed by atoms with van der Waals surface area (Å²) in [5, 5.41) is 4.54. The molecule has 0 amide bonds. The molecule has 1 aromatic carbocycles. The van der Waals surface area contributed by atoms with Gasteiger partial charge in [0.1, 0.15) is 0 Å². The standard InChI is InChI=1S/C19H27N2/c1-2-4-6-8-12-16(13-9-7-5-3-1)19-17-14-10-11-15-18(17)20-21-19/h10-11,14-16H,1-9,12-13H2. The van der Waals surface area contributed by atoms with Gasteiger partial charge < -0.3 is 0 Å². The molecule has 1 aliphatic heterocycles. The summed E-state index contributed by atoms with van der Waals surface area (Å²) < 4.78 is 0. The molecular formula is C19H27N2. The van der Waals surface area contributed by atoms with Crippen LogP contribution >= 0.6 is 0 Å². The number of hydrogen-bond acceptors (Lipinski definition) is 1. The van der Waals surface area contributed by atoms with E-state index in [-0.39, 0.29) is 0 Å². The molecule has 0 N–H and O–H groups in total. The van der Waals surface area contributed by atoms with Crippen LogP contribution < -0.4 is 5.43 Å². The second-order valence-corrected chi connectivity index (χ2v) is 6.56. The Labute approximate surface area is 129 Å². The number of benzene rings is 1. The molecule has 1 radical (unpaired) electrons. The molecule has 3 rings (SSSR count). The Morgan fingerprint density at radius 3 is 1.95 bits per heavy atom. The smallest absolute Gasteiger partial charge is 0.0948 e. The van der Waals surface area contributed by atoms with Crippen molar-refractivity contribution >= 4 is 11.4 Å². The predicted molar refractivity (Wildman–Crippen MR) is 89.1 cm³/mol. The molecule has 1 fully saturated rings. The number of fused-ring (bicyclic) bond motifs is 1. The Morgan fingerprint density at radius 1 is 0.714 bits per heavy atom. The maximum atomic E-state index is 4.54. The minimum Gasteiger partial charge on any atom is -0.154 e. The molecular weight excluding hydrogens is 256 g/mol. The molecule has 0 bridgehead atoms. The molecule has 0 atom stereocenters. The van der Waals surface area contributed by atoms with Crippen molar-refractivity contribution in [2.24, 2.45) is 11.0 Å². The summed E-state index contributed by atoms with van der Waals surface area (Å²) in [6.45, 7) is 0. The average molecular weight is 283 g/mol. The van der Waals surface area contributed by atoms with Crippen LogP contribution in [0.15, 0.2) is 29.4 Å². The predicted octanol–water partition coefficient (Wildman–Crippen LogP) is 5.56. The number of hydrogen-bond donors (Lipinski definition) is 0. The molecule has 1 heterocycles. The van der Waals surface area contributed by atoms with Gasteiger partial charge in [-0.1, -0.05) is 76.0 Å². The van der Waals surface area contributed by atoms with Gasteiger partial charge in [0.25, 0.3) is 0 Å². The zero-order chi connectivity index (χ0) is 14.3. The molecule has 1 aliphatic carbocycles. The van der Waals surface area contributed by atoms with E-state index < -0.39 is 0 Å². The van der Waals surface area contributed by atoms with Gasteiger partial charge in [-0.25, -0.2) is 0 Å². The topological polar surface area (TPSA) is 26.5 Å².